The third kappa shape index (κ3) is 10.2. The van der Waals surface area contributed by atoms with Crippen molar-refractivity contribution in [2.24, 2.45) is 0 Å². The Hall–Kier alpha value is -2.66. The topological polar surface area (TPSA) is 61.4 Å². The van der Waals surface area contributed by atoms with E-state index in [1.165, 1.54) is 18.2 Å². The maximum atomic E-state index is 13.2. The summed E-state index contributed by atoms with van der Waals surface area (Å²) in [7, 11) is 0. The van der Waals surface area contributed by atoms with E-state index >= 15 is 0 Å². The zero-order valence-electron chi connectivity index (χ0n) is 20.4. The van der Waals surface area contributed by atoms with E-state index in [1.807, 2.05) is 6.92 Å². The summed E-state index contributed by atoms with van der Waals surface area (Å²) in [6.45, 7) is 1.50. The third-order valence-corrected chi connectivity index (χ3v) is 6.19. The number of hydrogen-bond donors (Lipinski definition) is 2. The SMILES string of the molecule is CCCCCCNC(=O)N(CCc1cc(C(F)(F)F)cc(C(F)(F)F)c1)CC(=O)Nc1ccc(Cl)c(Cl)c1. The van der Waals surface area contributed by atoms with Gasteiger partial charge in [-0.05, 0) is 54.8 Å². The van der Waals surface area contributed by atoms with Crippen LogP contribution in [-0.4, -0.2) is 36.5 Å². The molecule has 0 saturated heterocycles. The highest BCUT2D eigenvalue weighted by Gasteiger charge is 2.37. The molecule has 3 amide bonds. The molecule has 2 N–H and O–H groups in total. The second-order valence-electron chi connectivity index (χ2n) is 8.56. The largest absolute Gasteiger partial charge is 0.416 e. The van der Waals surface area contributed by atoms with Gasteiger partial charge in [-0.2, -0.15) is 26.3 Å². The molecular weight excluding hydrogens is 559 g/mol. The number of amides is 3. The lowest BCUT2D eigenvalue weighted by molar-refractivity contribution is -0.143. The number of urea groups is 1. The zero-order valence-corrected chi connectivity index (χ0v) is 21.9. The fraction of sp³-hybridized carbons (Fsp3) is 0.440. The second-order valence-corrected chi connectivity index (χ2v) is 9.37. The van der Waals surface area contributed by atoms with Gasteiger partial charge in [-0.15, -0.1) is 0 Å². The fourth-order valence-electron chi connectivity index (χ4n) is 3.49. The van der Waals surface area contributed by atoms with E-state index in [2.05, 4.69) is 10.6 Å². The molecule has 2 aromatic rings. The van der Waals surface area contributed by atoms with E-state index in [4.69, 9.17) is 23.2 Å². The molecule has 210 valence electrons. The van der Waals surface area contributed by atoms with Crippen LogP contribution < -0.4 is 10.6 Å². The maximum Gasteiger partial charge on any atom is 0.416 e. The predicted molar refractivity (Wildman–Crippen MR) is 134 cm³/mol. The Balaban J connectivity index is 2.20. The highest BCUT2D eigenvalue weighted by molar-refractivity contribution is 6.42. The van der Waals surface area contributed by atoms with Crippen LogP contribution in [0.4, 0.5) is 36.8 Å². The Bertz CT molecular complexity index is 1080. The summed E-state index contributed by atoms with van der Waals surface area (Å²) in [6.07, 6.45) is -6.87. The zero-order chi connectivity index (χ0) is 28.5. The smallest absolute Gasteiger partial charge is 0.338 e. The molecule has 2 aromatic carbocycles. The first-order chi connectivity index (χ1) is 17.7. The van der Waals surface area contributed by atoms with Crippen molar-refractivity contribution >= 4 is 40.8 Å². The second kappa shape index (κ2) is 13.9. The number of alkyl halides is 6. The van der Waals surface area contributed by atoms with E-state index in [9.17, 15) is 35.9 Å². The predicted octanol–water partition coefficient (Wildman–Crippen LogP) is 7.80. The van der Waals surface area contributed by atoms with Crippen LogP contribution in [0, 0.1) is 0 Å². The van der Waals surface area contributed by atoms with Gasteiger partial charge in [0, 0.05) is 18.8 Å². The molecule has 38 heavy (non-hydrogen) atoms. The minimum Gasteiger partial charge on any atom is -0.338 e. The number of nitrogens with zero attached hydrogens (tertiary/aromatic N) is 1. The van der Waals surface area contributed by atoms with Gasteiger partial charge in [0.05, 0.1) is 21.2 Å². The van der Waals surface area contributed by atoms with Crippen LogP contribution in [0.3, 0.4) is 0 Å². The Labute approximate surface area is 226 Å². The Morgan fingerprint density at radius 3 is 2.05 bits per heavy atom. The maximum absolute atomic E-state index is 13.2. The van der Waals surface area contributed by atoms with Crippen LogP contribution in [0.5, 0.6) is 0 Å². The first-order valence-corrected chi connectivity index (χ1v) is 12.5. The third-order valence-electron chi connectivity index (χ3n) is 5.45. The van der Waals surface area contributed by atoms with E-state index in [0.717, 1.165) is 24.2 Å². The van der Waals surface area contributed by atoms with Crippen LogP contribution in [0.25, 0.3) is 0 Å². The van der Waals surface area contributed by atoms with Gasteiger partial charge in [-0.1, -0.05) is 49.4 Å². The molecule has 0 aromatic heterocycles. The number of benzene rings is 2. The number of halogens is 8. The molecule has 0 atom stereocenters. The van der Waals surface area contributed by atoms with Gasteiger partial charge in [0.15, 0.2) is 0 Å². The standard InChI is InChI=1S/C25H27Cl2F6N3O2/c1-2-3-4-5-9-34-23(38)36(15-22(37)35-19-6-7-20(26)21(27)14-19)10-8-16-11-17(24(28,29)30)13-18(12-16)25(31,32)33/h6-7,11-14H,2-5,8-10,15H2,1H3,(H,34,38)(H,35,37). The van der Waals surface area contributed by atoms with Crippen molar-refractivity contribution in [3.63, 3.8) is 0 Å². The van der Waals surface area contributed by atoms with Gasteiger partial charge in [0.1, 0.15) is 6.54 Å². The summed E-state index contributed by atoms with van der Waals surface area (Å²) in [4.78, 5) is 26.4. The highest BCUT2D eigenvalue weighted by Crippen LogP contribution is 2.36. The number of carbonyl (C=O) groups excluding carboxylic acids is 2. The Morgan fingerprint density at radius 1 is 0.868 bits per heavy atom. The van der Waals surface area contributed by atoms with E-state index in [0.29, 0.717) is 25.1 Å². The van der Waals surface area contributed by atoms with E-state index < -0.39 is 42.0 Å². The van der Waals surface area contributed by atoms with Crippen molar-refractivity contribution in [2.45, 2.75) is 51.4 Å². The minimum atomic E-state index is -4.99. The molecule has 2 rings (SSSR count). The average molecular weight is 586 g/mol. The van der Waals surface area contributed by atoms with Crippen molar-refractivity contribution in [3.8, 4) is 0 Å². The molecule has 13 heteroatoms. The van der Waals surface area contributed by atoms with Crippen LogP contribution in [-0.2, 0) is 23.6 Å². The van der Waals surface area contributed by atoms with Crippen molar-refractivity contribution in [1.82, 2.24) is 10.2 Å². The number of carbonyl (C=O) groups is 2. The normalized spacial score (nSPS) is 11.8. The number of hydrogen-bond acceptors (Lipinski definition) is 2. The summed E-state index contributed by atoms with van der Waals surface area (Å²) in [6, 6.07) is 4.89. The molecule has 0 aliphatic carbocycles. The van der Waals surface area contributed by atoms with Gasteiger partial charge in [0.2, 0.25) is 5.91 Å². The van der Waals surface area contributed by atoms with Crippen molar-refractivity contribution < 1.29 is 35.9 Å². The number of rotatable bonds is 11. The van der Waals surface area contributed by atoms with Gasteiger partial charge in [-0.25, -0.2) is 4.79 Å². The summed E-state index contributed by atoms with van der Waals surface area (Å²) in [5.74, 6) is -0.649. The number of anilines is 1. The summed E-state index contributed by atoms with van der Waals surface area (Å²) < 4.78 is 79.3. The van der Waals surface area contributed by atoms with Crippen molar-refractivity contribution in [2.75, 3.05) is 25.0 Å². The van der Waals surface area contributed by atoms with Crippen LogP contribution in [0.15, 0.2) is 36.4 Å². The molecular formula is C25H27Cl2F6N3O2. The lowest BCUT2D eigenvalue weighted by Crippen LogP contribution is -2.45. The van der Waals surface area contributed by atoms with Gasteiger partial charge < -0.3 is 15.5 Å². The Morgan fingerprint density at radius 2 is 1.50 bits per heavy atom. The molecule has 0 fully saturated rings. The molecule has 5 nitrogen and oxygen atoms in total. The van der Waals surface area contributed by atoms with Crippen LogP contribution in [0.1, 0.15) is 49.3 Å². The lowest BCUT2D eigenvalue weighted by Gasteiger charge is -2.23. The molecule has 0 saturated carbocycles. The molecule has 0 aliphatic rings. The fourth-order valence-corrected chi connectivity index (χ4v) is 3.78. The van der Waals surface area contributed by atoms with E-state index in [1.54, 1.807) is 0 Å². The van der Waals surface area contributed by atoms with Gasteiger partial charge >= 0.3 is 18.4 Å². The lowest BCUT2D eigenvalue weighted by atomic mass is 10.0. The van der Waals surface area contributed by atoms with Crippen LogP contribution in [0.2, 0.25) is 10.0 Å². The summed E-state index contributed by atoms with van der Waals surface area (Å²) in [5, 5.41) is 5.61. The first-order valence-electron chi connectivity index (χ1n) is 11.8. The summed E-state index contributed by atoms with van der Waals surface area (Å²) in [5.41, 5.74) is -2.90. The molecule has 0 spiro atoms. The molecule has 0 aliphatic heterocycles. The molecule has 0 radical (unpaired) electrons. The highest BCUT2D eigenvalue weighted by atomic mass is 35.5. The molecule has 0 unspecified atom stereocenters. The van der Waals surface area contributed by atoms with Gasteiger partial charge in [-0.3, -0.25) is 4.79 Å². The number of unbranched alkanes of at least 4 members (excludes halogenated alkanes) is 3. The molecule has 0 bridgehead atoms. The quantitative estimate of drug-likeness (QED) is 0.209. The van der Waals surface area contributed by atoms with Crippen molar-refractivity contribution in [1.29, 1.82) is 0 Å². The van der Waals surface area contributed by atoms with Crippen molar-refractivity contribution in [3.05, 3.63) is 63.1 Å². The van der Waals surface area contributed by atoms with Gasteiger partial charge in [0.25, 0.3) is 0 Å². The average Bonchev–Trinajstić information content (AvgIpc) is 2.82. The van der Waals surface area contributed by atoms with E-state index in [-0.39, 0.29) is 40.3 Å². The summed E-state index contributed by atoms with van der Waals surface area (Å²) >= 11 is 11.8. The Kier molecular flexibility index (Phi) is 11.6. The monoisotopic (exact) mass is 585 g/mol. The number of nitrogens with one attached hydrogen (secondary N) is 2. The minimum absolute atomic E-state index is 0.0367. The van der Waals surface area contributed by atoms with Crippen LogP contribution >= 0.6 is 23.2 Å². The first kappa shape index (κ1) is 31.6. The molecule has 0 heterocycles.